The average molecular weight is 252 g/mol. The van der Waals surface area contributed by atoms with Gasteiger partial charge in [0.2, 0.25) is 0 Å². The van der Waals surface area contributed by atoms with E-state index in [4.69, 9.17) is 0 Å². The zero-order valence-electron chi connectivity index (χ0n) is 12.7. The summed E-state index contributed by atoms with van der Waals surface area (Å²) in [5.41, 5.74) is 0. The van der Waals surface area contributed by atoms with Gasteiger partial charge in [0, 0.05) is 32.7 Å². The Labute approximate surface area is 114 Å². The van der Waals surface area contributed by atoms with E-state index >= 15 is 0 Å². The van der Waals surface area contributed by atoms with Crippen LogP contribution in [-0.4, -0.2) is 49.1 Å². The number of piperazine rings is 1. The first-order valence-electron chi connectivity index (χ1n) is 8.13. The summed E-state index contributed by atoms with van der Waals surface area (Å²) in [6, 6.07) is 0. The van der Waals surface area contributed by atoms with Crippen LogP contribution in [0.1, 0.15) is 46.5 Å². The smallest absolute Gasteiger partial charge is 0.0110 e. The molecule has 1 saturated carbocycles. The van der Waals surface area contributed by atoms with Crippen LogP contribution in [0.4, 0.5) is 0 Å². The number of rotatable bonds is 4. The highest BCUT2D eigenvalue weighted by Gasteiger charge is 2.25. The van der Waals surface area contributed by atoms with Gasteiger partial charge in [-0.3, -0.25) is 0 Å². The van der Waals surface area contributed by atoms with Crippen LogP contribution >= 0.6 is 0 Å². The molecule has 0 spiro atoms. The fourth-order valence-corrected chi connectivity index (χ4v) is 3.69. The maximum absolute atomic E-state index is 2.71. The highest BCUT2D eigenvalue weighted by Crippen LogP contribution is 2.33. The minimum atomic E-state index is 0.902. The molecule has 0 bridgehead atoms. The molecule has 1 saturated heterocycles. The molecule has 1 heterocycles. The minimum absolute atomic E-state index is 0.902. The van der Waals surface area contributed by atoms with Crippen LogP contribution in [0.3, 0.4) is 0 Å². The summed E-state index contributed by atoms with van der Waals surface area (Å²) in [6.07, 6.45) is 5.93. The summed E-state index contributed by atoms with van der Waals surface area (Å²) < 4.78 is 0. The number of hydrogen-bond donors (Lipinski definition) is 0. The Hall–Kier alpha value is -0.0800. The Morgan fingerprint density at radius 2 is 1.44 bits per heavy atom. The van der Waals surface area contributed by atoms with E-state index in [0.717, 1.165) is 17.8 Å². The molecular formula is C16H32N2. The van der Waals surface area contributed by atoms with Gasteiger partial charge in [0.15, 0.2) is 0 Å². The standard InChI is InChI=1S/C16H32N2/c1-4-17-9-11-18(12-10-17)13-15-5-7-16(8-6-15)14(2)3/h14-16H,4-13H2,1-3H3. The molecule has 1 aliphatic heterocycles. The van der Waals surface area contributed by atoms with Crippen LogP contribution in [0.2, 0.25) is 0 Å². The summed E-state index contributed by atoms with van der Waals surface area (Å²) in [4.78, 5) is 5.29. The van der Waals surface area contributed by atoms with Crippen molar-refractivity contribution in [2.45, 2.75) is 46.5 Å². The average Bonchev–Trinajstić information content (AvgIpc) is 2.40. The van der Waals surface area contributed by atoms with Crippen molar-refractivity contribution in [2.24, 2.45) is 17.8 Å². The Morgan fingerprint density at radius 3 is 1.94 bits per heavy atom. The largest absolute Gasteiger partial charge is 0.301 e. The molecule has 0 aromatic heterocycles. The second-order valence-electron chi connectivity index (χ2n) is 6.76. The number of likely N-dealkylation sites (N-methyl/N-ethyl adjacent to an activating group) is 1. The molecule has 2 rings (SSSR count). The summed E-state index contributed by atoms with van der Waals surface area (Å²) in [7, 11) is 0. The summed E-state index contributed by atoms with van der Waals surface area (Å²) in [5, 5.41) is 0. The van der Waals surface area contributed by atoms with Crippen molar-refractivity contribution in [2.75, 3.05) is 39.3 Å². The van der Waals surface area contributed by atoms with Crippen LogP contribution in [0.5, 0.6) is 0 Å². The zero-order valence-corrected chi connectivity index (χ0v) is 12.7. The monoisotopic (exact) mass is 252 g/mol. The van der Waals surface area contributed by atoms with Crippen molar-refractivity contribution in [1.82, 2.24) is 9.80 Å². The highest BCUT2D eigenvalue weighted by atomic mass is 15.3. The van der Waals surface area contributed by atoms with Gasteiger partial charge in [-0.05, 0) is 50.0 Å². The first-order chi connectivity index (χ1) is 8.69. The van der Waals surface area contributed by atoms with Gasteiger partial charge in [0.05, 0.1) is 0 Å². The second-order valence-corrected chi connectivity index (χ2v) is 6.76. The van der Waals surface area contributed by atoms with Gasteiger partial charge in [-0.2, -0.15) is 0 Å². The lowest BCUT2D eigenvalue weighted by atomic mass is 9.77. The molecule has 2 nitrogen and oxygen atoms in total. The van der Waals surface area contributed by atoms with Crippen molar-refractivity contribution >= 4 is 0 Å². The van der Waals surface area contributed by atoms with E-state index in [9.17, 15) is 0 Å². The topological polar surface area (TPSA) is 6.48 Å². The van der Waals surface area contributed by atoms with Crippen molar-refractivity contribution in [1.29, 1.82) is 0 Å². The Balaban J connectivity index is 1.66. The lowest BCUT2D eigenvalue weighted by Crippen LogP contribution is -2.47. The highest BCUT2D eigenvalue weighted by molar-refractivity contribution is 4.79. The SMILES string of the molecule is CCN1CCN(CC2CCC(C(C)C)CC2)CC1. The van der Waals surface area contributed by atoms with E-state index < -0.39 is 0 Å². The third-order valence-electron chi connectivity index (χ3n) is 5.26. The molecule has 2 fully saturated rings. The molecule has 0 aromatic carbocycles. The first kappa shape index (κ1) is 14.3. The molecule has 106 valence electrons. The molecule has 0 amide bonds. The quantitative estimate of drug-likeness (QED) is 0.758. The maximum Gasteiger partial charge on any atom is 0.0110 e. The Morgan fingerprint density at radius 1 is 0.889 bits per heavy atom. The summed E-state index contributed by atoms with van der Waals surface area (Å²) in [6.45, 7) is 14.9. The van der Waals surface area contributed by atoms with Crippen molar-refractivity contribution in [3.05, 3.63) is 0 Å². The van der Waals surface area contributed by atoms with Crippen molar-refractivity contribution in [3.8, 4) is 0 Å². The van der Waals surface area contributed by atoms with Crippen LogP contribution in [0.15, 0.2) is 0 Å². The van der Waals surface area contributed by atoms with Gasteiger partial charge in [0.25, 0.3) is 0 Å². The minimum Gasteiger partial charge on any atom is -0.301 e. The molecule has 2 heteroatoms. The normalized spacial score (nSPS) is 32.0. The number of nitrogens with zero attached hydrogens (tertiary/aromatic N) is 2. The molecule has 0 N–H and O–H groups in total. The molecular weight excluding hydrogens is 220 g/mol. The van der Waals surface area contributed by atoms with E-state index in [1.54, 1.807) is 0 Å². The Bertz CT molecular complexity index is 223. The number of hydrogen-bond acceptors (Lipinski definition) is 2. The summed E-state index contributed by atoms with van der Waals surface area (Å²) in [5.74, 6) is 2.91. The first-order valence-corrected chi connectivity index (χ1v) is 8.13. The van der Waals surface area contributed by atoms with E-state index in [0.29, 0.717) is 0 Å². The third kappa shape index (κ3) is 3.96. The summed E-state index contributed by atoms with van der Waals surface area (Å²) >= 11 is 0. The molecule has 0 radical (unpaired) electrons. The molecule has 0 aromatic rings. The third-order valence-corrected chi connectivity index (χ3v) is 5.26. The van der Waals surface area contributed by atoms with E-state index in [1.165, 1.54) is 65.0 Å². The Kier molecular flexibility index (Phi) is 5.50. The van der Waals surface area contributed by atoms with Gasteiger partial charge in [-0.15, -0.1) is 0 Å². The van der Waals surface area contributed by atoms with Crippen LogP contribution < -0.4 is 0 Å². The van der Waals surface area contributed by atoms with Gasteiger partial charge in [-0.25, -0.2) is 0 Å². The van der Waals surface area contributed by atoms with Gasteiger partial charge in [0.1, 0.15) is 0 Å². The molecule has 18 heavy (non-hydrogen) atoms. The fraction of sp³-hybridized carbons (Fsp3) is 1.00. The second kappa shape index (κ2) is 6.91. The lowest BCUT2D eigenvalue weighted by Gasteiger charge is -2.38. The van der Waals surface area contributed by atoms with E-state index in [-0.39, 0.29) is 0 Å². The van der Waals surface area contributed by atoms with Gasteiger partial charge >= 0.3 is 0 Å². The fourth-order valence-electron chi connectivity index (χ4n) is 3.69. The molecule has 2 aliphatic rings. The van der Waals surface area contributed by atoms with Crippen LogP contribution in [-0.2, 0) is 0 Å². The lowest BCUT2D eigenvalue weighted by molar-refractivity contribution is 0.104. The van der Waals surface area contributed by atoms with Crippen molar-refractivity contribution < 1.29 is 0 Å². The zero-order chi connectivity index (χ0) is 13.0. The van der Waals surface area contributed by atoms with Crippen LogP contribution in [0.25, 0.3) is 0 Å². The van der Waals surface area contributed by atoms with E-state index in [2.05, 4.69) is 30.6 Å². The molecule has 0 unspecified atom stereocenters. The van der Waals surface area contributed by atoms with Crippen LogP contribution in [0, 0.1) is 17.8 Å². The maximum atomic E-state index is 2.71. The van der Waals surface area contributed by atoms with E-state index in [1.807, 2.05) is 0 Å². The predicted octanol–water partition coefficient (Wildman–Crippen LogP) is 3.09. The van der Waals surface area contributed by atoms with Gasteiger partial charge in [-0.1, -0.05) is 20.8 Å². The molecule has 0 atom stereocenters. The van der Waals surface area contributed by atoms with Gasteiger partial charge < -0.3 is 9.80 Å². The van der Waals surface area contributed by atoms with Crippen molar-refractivity contribution in [3.63, 3.8) is 0 Å². The molecule has 1 aliphatic carbocycles. The predicted molar refractivity (Wildman–Crippen MR) is 78.8 cm³/mol.